The van der Waals surface area contributed by atoms with Gasteiger partial charge in [-0.2, -0.15) is 5.10 Å². The second-order valence-electron chi connectivity index (χ2n) is 4.20. The molecule has 96 valence electrons. The van der Waals surface area contributed by atoms with E-state index >= 15 is 0 Å². The summed E-state index contributed by atoms with van der Waals surface area (Å²) in [6, 6.07) is 7.22. The Balaban J connectivity index is 2.33. The highest BCUT2D eigenvalue weighted by Gasteiger charge is 2.09. The van der Waals surface area contributed by atoms with Crippen molar-refractivity contribution in [1.82, 2.24) is 9.78 Å². The van der Waals surface area contributed by atoms with Crippen LogP contribution in [0.1, 0.15) is 30.8 Å². The van der Waals surface area contributed by atoms with Crippen molar-refractivity contribution in [1.29, 1.82) is 0 Å². The molecule has 2 nitrogen and oxygen atoms in total. The molecule has 0 radical (unpaired) electrons. The van der Waals surface area contributed by atoms with Crippen molar-refractivity contribution >= 4 is 15.9 Å². The Morgan fingerprint density at radius 2 is 2.06 bits per heavy atom. The summed E-state index contributed by atoms with van der Waals surface area (Å²) in [5, 5.41) is 4.54. The third-order valence-electron chi connectivity index (χ3n) is 2.99. The number of aryl methyl sites for hydroxylation is 2. The quantitative estimate of drug-likeness (QED) is 0.836. The lowest BCUT2D eigenvalue weighted by Gasteiger charge is -2.08. The molecule has 0 atom stereocenters. The predicted octanol–water partition coefficient (Wildman–Crippen LogP) is 3.96. The van der Waals surface area contributed by atoms with Crippen molar-refractivity contribution in [2.75, 3.05) is 0 Å². The third-order valence-corrected chi connectivity index (χ3v) is 3.88. The number of rotatable bonds is 4. The maximum absolute atomic E-state index is 13.5. The summed E-state index contributed by atoms with van der Waals surface area (Å²) >= 11 is 3.29. The number of aromatic nitrogens is 2. The number of hydrogen-bond acceptors (Lipinski definition) is 1. The van der Waals surface area contributed by atoms with E-state index < -0.39 is 0 Å². The van der Waals surface area contributed by atoms with E-state index in [-0.39, 0.29) is 5.82 Å². The van der Waals surface area contributed by atoms with Gasteiger partial charge in [0.2, 0.25) is 0 Å². The van der Waals surface area contributed by atoms with Crippen molar-refractivity contribution in [2.24, 2.45) is 0 Å². The average molecular weight is 311 g/mol. The molecule has 2 rings (SSSR count). The van der Waals surface area contributed by atoms with E-state index in [2.05, 4.69) is 40.9 Å². The maximum atomic E-state index is 13.5. The first-order chi connectivity index (χ1) is 8.65. The zero-order valence-corrected chi connectivity index (χ0v) is 12.2. The minimum atomic E-state index is -0.228. The maximum Gasteiger partial charge on any atom is 0.137 e. The number of halogens is 2. The molecule has 1 aromatic heterocycles. The Morgan fingerprint density at radius 3 is 2.72 bits per heavy atom. The van der Waals surface area contributed by atoms with Gasteiger partial charge in [-0.1, -0.05) is 26.0 Å². The summed E-state index contributed by atoms with van der Waals surface area (Å²) in [4.78, 5) is 0. The molecule has 0 bridgehead atoms. The van der Waals surface area contributed by atoms with Gasteiger partial charge in [0.05, 0.1) is 16.7 Å². The molecular weight excluding hydrogens is 295 g/mol. The zero-order chi connectivity index (χ0) is 13.1. The number of hydrogen-bond donors (Lipinski definition) is 0. The lowest BCUT2D eigenvalue weighted by molar-refractivity contribution is 0.604. The summed E-state index contributed by atoms with van der Waals surface area (Å²) in [5.74, 6) is -0.228. The molecule has 0 fully saturated rings. The van der Waals surface area contributed by atoms with Crippen LogP contribution in [0, 0.1) is 5.82 Å². The fraction of sp³-hybridized carbons (Fsp3) is 0.357. The summed E-state index contributed by atoms with van der Waals surface area (Å²) in [6.45, 7) is 4.79. The van der Waals surface area contributed by atoms with Crippen LogP contribution < -0.4 is 0 Å². The first-order valence-corrected chi connectivity index (χ1v) is 6.93. The Bertz CT molecular complexity index is 549. The SMILES string of the molecule is CCc1cc(CC)n(Cc2cccc(F)c2Br)n1. The van der Waals surface area contributed by atoms with Gasteiger partial charge in [-0.25, -0.2) is 4.39 Å². The molecule has 4 heteroatoms. The van der Waals surface area contributed by atoms with Gasteiger partial charge in [0, 0.05) is 5.69 Å². The monoisotopic (exact) mass is 310 g/mol. The second kappa shape index (κ2) is 5.65. The summed E-state index contributed by atoms with van der Waals surface area (Å²) in [6.07, 6.45) is 1.85. The van der Waals surface area contributed by atoms with Gasteiger partial charge in [0.1, 0.15) is 5.82 Å². The molecule has 0 amide bonds. The van der Waals surface area contributed by atoms with Gasteiger partial charge in [-0.15, -0.1) is 0 Å². The highest BCUT2D eigenvalue weighted by Crippen LogP contribution is 2.22. The first kappa shape index (κ1) is 13.3. The summed E-state index contributed by atoms with van der Waals surface area (Å²) in [5.41, 5.74) is 3.18. The van der Waals surface area contributed by atoms with Crippen LogP contribution in [0.5, 0.6) is 0 Å². The van der Waals surface area contributed by atoms with Gasteiger partial charge in [0.15, 0.2) is 0 Å². The van der Waals surface area contributed by atoms with E-state index in [1.807, 2.05) is 10.7 Å². The molecule has 0 unspecified atom stereocenters. The number of nitrogens with zero attached hydrogens (tertiary/aromatic N) is 2. The van der Waals surface area contributed by atoms with Crippen molar-refractivity contribution in [3.05, 3.63) is 51.5 Å². The van der Waals surface area contributed by atoms with E-state index in [4.69, 9.17) is 0 Å². The molecule has 0 saturated carbocycles. The normalized spacial score (nSPS) is 10.9. The smallest absolute Gasteiger partial charge is 0.137 e. The van der Waals surface area contributed by atoms with Gasteiger partial charge in [0.25, 0.3) is 0 Å². The fourth-order valence-electron chi connectivity index (χ4n) is 1.94. The van der Waals surface area contributed by atoms with Crippen LogP contribution in [0.25, 0.3) is 0 Å². The topological polar surface area (TPSA) is 17.8 Å². The first-order valence-electron chi connectivity index (χ1n) is 6.14. The van der Waals surface area contributed by atoms with Crippen molar-refractivity contribution < 1.29 is 4.39 Å². The third kappa shape index (κ3) is 2.64. The highest BCUT2D eigenvalue weighted by molar-refractivity contribution is 9.10. The van der Waals surface area contributed by atoms with E-state index in [0.717, 1.165) is 24.1 Å². The minimum Gasteiger partial charge on any atom is -0.265 e. The molecule has 0 spiro atoms. The van der Waals surface area contributed by atoms with Crippen LogP contribution in [0.3, 0.4) is 0 Å². The van der Waals surface area contributed by atoms with Crippen LogP contribution in [-0.2, 0) is 19.4 Å². The molecule has 2 aromatic rings. The Hall–Kier alpha value is -1.16. The summed E-state index contributed by atoms with van der Waals surface area (Å²) < 4.78 is 15.9. The molecule has 0 saturated heterocycles. The van der Waals surface area contributed by atoms with Crippen LogP contribution >= 0.6 is 15.9 Å². The van der Waals surface area contributed by atoms with Gasteiger partial charge >= 0.3 is 0 Å². The lowest BCUT2D eigenvalue weighted by atomic mass is 10.2. The van der Waals surface area contributed by atoms with Crippen molar-refractivity contribution in [2.45, 2.75) is 33.2 Å². The highest BCUT2D eigenvalue weighted by atomic mass is 79.9. The zero-order valence-electron chi connectivity index (χ0n) is 10.6. The van der Waals surface area contributed by atoms with Crippen LogP contribution in [0.4, 0.5) is 4.39 Å². The molecular formula is C14H16BrFN2. The van der Waals surface area contributed by atoms with Crippen molar-refractivity contribution in [3.8, 4) is 0 Å². The van der Waals surface area contributed by atoms with Gasteiger partial charge in [-0.05, 0) is 46.5 Å². The fourth-order valence-corrected chi connectivity index (χ4v) is 2.33. The Kier molecular flexibility index (Phi) is 4.17. The van der Waals surface area contributed by atoms with Crippen LogP contribution in [-0.4, -0.2) is 9.78 Å². The molecule has 1 aromatic carbocycles. The second-order valence-corrected chi connectivity index (χ2v) is 5.00. The average Bonchev–Trinajstić information content (AvgIpc) is 2.77. The minimum absolute atomic E-state index is 0.228. The van der Waals surface area contributed by atoms with E-state index in [9.17, 15) is 4.39 Å². The molecule has 0 aliphatic carbocycles. The molecule has 0 aliphatic rings. The Morgan fingerprint density at radius 1 is 1.28 bits per heavy atom. The number of benzene rings is 1. The largest absolute Gasteiger partial charge is 0.265 e. The van der Waals surface area contributed by atoms with Gasteiger partial charge < -0.3 is 0 Å². The molecule has 18 heavy (non-hydrogen) atoms. The summed E-state index contributed by atoms with van der Waals surface area (Å²) in [7, 11) is 0. The Labute approximate surface area is 115 Å². The van der Waals surface area contributed by atoms with E-state index in [1.165, 1.54) is 11.8 Å². The van der Waals surface area contributed by atoms with Gasteiger partial charge in [-0.3, -0.25) is 4.68 Å². The lowest BCUT2D eigenvalue weighted by Crippen LogP contribution is -2.07. The van der Waals surface area contributed by atoms with Crippen molar-refractivity contribution in [3.63, 3.8) is 0 Å². The van der Waals surface area contributed by atoms with Crippen LogP contribution in [0.15, 0.2) is 28.7 Å². The van der Waals surface area contributed by atoms with Crippen LogP contribution in [0.2, 0.25) is 0 Å². The standard InChI is InChI=1S/C14H16BrFN2/c1-3-11-8-12(4-2)18(17-11)9-10-6-5-7-13(16)14(10)15/h5-8H,3-4,9H2,1-2H3. The molecule has 0 N–H and O–H groups in total. The predicted molar refractivity (Wildman–Crippen MR) is 74.2 cm³/mol. The van der Waals surface area contributed by atoms with E-state index in [1.54, 1.807) is 6.07 Å². The molecule has 0 aliphatic heterocycles. The van der Waals surface area contributed by atoms with E-state index in [0.29, 0.717) is 11.0 Å². The molecule has 1 heterocycles.